The minimum absolute atomic E-state index is 0.0432. The van der Waals surface area contributed by atoms with E-state index in [0.29, 0.717) is 12.4 Å². The zero-order valence-electron chi connectivity index (χ0n) is 10.9. The molecule has 1 N–H and O–H groups in total. The van der Waals surface area contributed by atoms with E-state index in [4.69, 9.17) is 4.74 Å². The van der Waals surface area contributed by atoms with E-state index in [2.05, 4.69) is 15.3 Å². The van der Waals surface area contributed by atoms with Crippen molar-refractivity contribution >= 4 is 5.69 Å². The second-order valence-corrected chi connectivity index (χ2v) is 4.07. The molecule has 0 saturated carbocycles. The third-order valence-corrected chi connectivity index (χ3v) is 2.64. The predicted octanol–water partition coefficient (Wildman–Crippen LogP) is 3.19. The summed E-state index contributed by atoms with van der Waals surface area (Å²) in [5, 5.41) is 3.24. The summed E-state index contributed by atoms with van der Waals surface area (Å²) in [4.78, 5) is 8.25. The van der Waals surface area contributed by atoms with Crippen molar-refractivity contribution in [3.8, 4) is 5.75 Å². The van der Waals surface area contributed by atoms with Crippen LogP contribution in [0, 0.1) is 5.82 Å². The first-order valence-electron chi connectivity index (χ1n) is 6.15. The van der Waals surface area contributed by atoms with E-state index in [1.54, 1.807) is 24.7 Å². The van der Waals surface area contributed by atoms with Gasteiger partial charge in [0.15, 0.2) is 0 Å². The zero-order valence-corrected chi connectivity index (χ0v) is 10.9. The number of anilines is 1. The number of hydrogen-bond acceptors (Lipinski definition) is 4. The van der Waals surface area contributed by atoms with E-state index >= 15 is 0 Å². The molecule has 0 spiro atoms. The van der Waals surface area contributed by atoms with Crippen LogP contribution in [0.3, 0.4) is 0 Å². The SMILES string of the molecule is CCOc1cc(F)ccc1NC(C)c1cnccn1. The molecule has 1 aromatic carbocycles. The van der Waals surface area contributed by atoms with E-state index < -0.39 is 0 Å². The van der Waals surface area contributed by atoms with Crippen molar-refractivity contribution in [3.63, 3.8) is 0 Å². The summed E-state index contributed by atoms with van der Waals surface area (Å²) in [6.45, 7) is 4.31. The molecule has 0 fully saturated rings. The van der Waals surface area contributed by atoms with Crippen LogP contribution >= 0.6 is 0 Å². The molecule has 0 radical (unpaired) electrons. The highest BCUT2D eigenvalue weighted by molar-refractivity contribution is 5.57. The Balaban J connectivity index is 2.18. The molecule has 2 aromatic rings. The number of halogens is 1. The smallest absolute Gasteiger partial charge is 0.145 e. The Labute approximate surface area is 111 Å². The van der Waals surface area contributed by atoms with Gasteiger partial charge >= 0.3 is 0 Å². The standard InChI is InChI=1S/C14H16FN3O/c1-3-19-14-8-11(15)4-5-12(14)18-10(2)13-9-16-6-7-17-13/h4-10,18H,3H2,1-2H3. The van der Waals surface area contributed by atoms with Crippen molar-refractivity contribution in [1.82, 2.24) is 9.97 Å². The number of nitrogens with one attached hydrogen (secondary N) is 1. The summed E-state index contributed by atoms with van der Waals surface area (Å²) in [6.07, 6.45) is 4.96. The van der Waals surface area contributed by atoms with Gasteiger partial charge in [0.2, 0.25) is 0 Å². The predicted molar refractivity (Wildman–Crippen MR) is 71.6 cm³/mol. The molecule has 0 bridgehead atoms. The molecule has 0 saturated heterocycles. The van der Waals surface area contributed by atoms with Gasteiger partial charge < -0.3 is 10.1 Å². The summed E-state index contributed by atoms with van der Waals surface area (Å²) in [5.41, 5.74) is 1.55. The van der Waals surface area contributed by atoms with Gasteiger partial charge in [-0.05, 0) is 26.0 Å². The van der Waals surface area contributed by atoms with Crippen molar-refractivity contribution in [3.05, 3.63) is 48.3 Å². The first-order valence-corrected chi connectivity index (χ1v) is 6.15. The molecule has 1 heterocycles. The Morgan fingerprint density at radius 2 is 2.21 bits per heavy atom. The Bertz CT molecular complexity index is 533. The van der Waals surface area contributed by atoms with Gasteiger partial charge in [0.1, 0.15) is 11.6 Å². The van der Waals surface area contributed by atoms with Crippen LogP contribution in [-0.4, -0.2) is 16.6 Å². The lowest BCUT2D eigenvalue weighted by Gasteiger charge is -2.17. The molecule has 2 rings (SSSR count). The largest absolute Gasteiger partial charge is 0.492 e. The molecule has 0 amide bonds. The van der Waals surface area contributed by atoms with Crippen molar-refractivity contribution < 1.29 is 9.13 Å². The Hall–Kier alpha value is -2.17. The zero-order chi connectivity index (χ0) is 13.7. The lowest BCUT2D eigenvalue weighted by Crippen LogP contribution is -2.10. The van der Waals surface area contributed by atoms with Crippen LogP contribution in [0.4, 0.5) is 10.1 Å². The molecule has 1 atom stereocenters. The average Bonchev–Trinajstić information content (AvgIpc) is 2.43. The first-order chi connectivity index (χ1) is 9.20. The number of rotatable bonds is 5. The van der Waals surface area contributed by atoms with Gasteiger partial charge in [-0.1, -0.05) is 0 Å². The van der Waals surface area contributed by atoms with Crippen LogP contribution in [0.5, 0.6) is 5.75 Å². The minimum Gasteiger partial charge on any atom is -0.492 e. The lowest BCUT2D eigenvalue weighted by atomic mass is 10.2. The fourth-order valence-electron chi connectivity index (χ4n) is 1.73. The highest BCUT2D eigenvalue weighted by atomic mass is 19.1. The van der Waals surface area contributed by atoms with Gasteiger partial charge in [-0.2, -0.15) is 0 Å². The van der Waals surface area contributed by atoms with Gasteiger partial charge in [-0.15, -0.1) is 0 Å². The molecule has 0 aliphatic carbocycles. The molecule has 1 unspecified atom stereocenters. The molecule has 0 aliphatic rings. The Kier molecular flexibility index (Phi) is 4.28. The fourth-order valence-corrected chi connectivity index (χ4v) is 1.73. The van der Waals surface area contributed by atoms with Crippen molar-refractivity contribution in [1.29, 1.82) is 0 Å². The summed E-state index contributed by atoms with van der Waals surface area (Å²) in [5.74, 6) is 0.180. The third kappa shape index (κ3) is 3.40. The number of benzene rings is 1. The molecular formula is C14H16FN3O. The van der Waals surface area contributed by atoms with E-state index in [1.165, 1.54) is 12.1 Å². The quantitative estimate of drug-likeness (QED) is 0.898. The summed E-state index contributed by atoms with van der Waals surface area (Å²) in [6, 6.07) is 4.38. The molecule has 19 heavy (non-hydrogen) atoms. The molecule has 1 aromatic heterocycles. The van der Waals surface area contributed by atoms with Crippen LogP contribution in [0.1, 0.15) is 25.6 Å². The average molecular weight is 261 g/mol. The summed E-state index contributed by atoms with van der Waals surface area (Å²) < 4.78 is 18.6. The fraction of sp³-hybridized carbons (Fsp3) is 0.286. The van der Waals surface area contributed by atoms with Crippen LogP contribution in [0.2, 0.25) is 0 Å². The van der Waals surface area contributed by atoms with Crippen LogP contribution in [0.25, 0.3) is 0 Å². The van der Waals surface area contributed by atoms with Crippen molar-refractivity contribution in [2.75, 3.05) is 11.9 Å². The number of aromatic nitrogens is 2. The van der Waals surface area contributed by atoms with Crippen molar-refractivity contribution in [2.24, 2.45) is 0 Å². The molecule has 100 valence electrons. The first kappa shape index (κ1) is 13.3. The summed E-state index contributed by atoms with van der Waals surface area (Å²) in [7, 11) is 0. The van der Waals surface area contributed by atoms with E-state index in [0.717, 1.165) is 11.4 Å². The second kappa shape index (κ2) is 6.13. The molecular weight excluding hydrogens is 245 g/mol. The normalized spacial score (nSPS) is 11.9. The van der Waals surface area contributed by atoms with Gasteiger partial charge in [-0.3, -0.25) is 9.97 Å². The van der Waals surface area contributed by atoms with E-state index in [-0.39, 0.29) is 11.9 Å². The molecule has 5 heteroatoms. The van der Waals surface area contributed by atoms with Crippen molar-refractivity contribution in [2.45, 2.75) is 19.9 Å². The monoisotopic (exact) mass is 261 g/mol. The summed E-state index contributed by atoms with van der Waals surface area (Å²) >= 11 is 0. The topological polar surface area (TPSA) is 47.0 Å². The second-order valence-electron chi connectivity index (χ2n) is 4.07. The van der Waals surface area contributed by atoms with E-state index in [1.807, 2.05) is 13.8 Å². The van der Waals surface area contributed by atoms with Crippen LogP contribution in [-0.2, 0) is 0 Å². The number of ether oxygens (including phenoxy) is 1. The maximum atomic E-state index is 13.2. The van der Waals surface area contributed by atoms with Gasteiger partial charge in [0.25, 0.3) is 0 Å². The highest BCUT2D eigenvalue weighted by Gasteiger charge is 2.11. The van der Waals surface area contributed by atoms with E-state index in [9.17, 15) is 4.39 Å². The number of nitrogens with zero attached hydrogens (tertiary/aromatic N) is 2. The molecule has 4 nitrogen and oxygen atoms in total. The highest BCUT2D eigenvalue weighted by Crippen LogP contribution is 2.28. The van der Waals surface area contributed by atoms with Gasteiger partial charge in [0, 0.05) is 18.5 Å². The van der Waals surface area contributed by atoms with Gasteiger partial charge in [-0.25, -0.2) is 4.39 Å². The van der Waals surface area contributed by atoms with Gasteiger partial charge in [0.05, 0.1) is 30.2 Å². The maximum Gasteiger partial charge on any atom is 0.145 e. The van der Waals surface area contributed by atoms with Crippen LogP contribution in [0.15, 0.2) is 36.8 Å². The molecule has 0 aliphatic heterocycles. The van der Waals surface area contributed by atoms with Crippen LogP contribution < -0.4 is 10.1 Å². The third-order valence-electron chi connectivity index (χ3n) is 2.64. The Morgan fingerprint density at radius 1 is 1.37 bits per heavy atom. The minimum atomic E-state index is -0.318. The maximum absolute atomic E-state index is 13.2. The Morgan fingerprint density at radius 3 is 2.89 bits per heavy atom. The lowest BCUT2D eigenvalue weighted by molar-refractivity contribution is 0.339. The number of hydrogen-bond donors (Lipinski definition) is 1.